The maximum atomic E-state index is 12.8. The van der Waals surface area contributed by atoms with Crippen molar-refractivity contribution in [1.82, 2.24) is 0 Å². The van der Waals surface area contributed by atoms with Gasteiger partial charge in [-0.05, 0) is 72.0 Å². The Bertz CT molecular complexity index is 1210. The van der Waals surface area contributed by atoms with Gasteiger partial charge in [0.1, 0.15) is 5.75 Å². The third-order valence-electron chi connectivity index (χ3n) is 5.03. The molecule has 3 aromatic rings. The van der Waals surface area contributed by atoms with Gasteiger partial charge in [-0.2, -0.15) is 0 Å². The number of nitrogens with one attached hydrogen (secondary N) is 2. The van der Waals surface area contributed by atoms with Crippen LogP contribution in [-0.2, 0) is 15.4 Å². The van der Waals surface area contributed by atoms with E-state index in [1.165, 1.54) is 19.2 Å². The average Bonchev–Trinajstić information content (AvgIpc) is 2.73. The molecule has 0 heterocycles. The Morgan fingerprint density at radius 1 is 0.906 bits per heavy atom. The van der Waals surface area contributed by atoms with E-state index in [1.54, 1.807) is 36.4 Å². The summed E-state index contributed by atoms with van der Waals surface area (Å²) >= 11 is 0. The van der Waals surface area contributed by atoms with Gasteiger partial charge in [0.05, 0.1) is 17.7 Å². The monoisotopic (exact) mass is 452 g/mol. The van der Waals surface area contributed by atoms with Crippen molar-refractivity contribution in [2.45, 2.75) is 38.0 Å². The van der Waals surface area contributed by atoms with Crippen molar-refractivity contribution in [2.24, 2.45) is 0 Å². The van der Waals surface area contributed by atoms with E-state index in [0.29, 0.717) is 22.7 Å². The van der Waals surface area contributed by atoms with E-state index < -0.39 is 10.0 Å². The van der Waals surface area contributed by atoms with Crippen LogP contribution in [0.2, 0.25) is 0 Å². The molecule has 0 aromatic heterocycles. The Kier molecular flexibility index (Phi) is 6.60. The molecule has 1 amide bonds. The van der Waals surface area contributed by atoms with E-state index in [2.05, 4.69) is 30.8 Å². The molecule has 0 radical (unpaired) electrons. The number of hydrogen-bond acceptors (Lipinski definition) is 4. The lowest BCUT2D eigenvalue weighted by atomic mass is 9.87. The highest BCUT2D eigenvalue weighted by Gasteiger charge is 2.18. The number of aryl methyl sites for hydroxylation is 1. The molecule has 0 atom stereocenters. The zero-order valence-corrected chi connectivity index (χ0v) is 19.7. The summed E-state index contributed by atoms with van der Waals surface area (Å²) in [6.45, 7) is 8.20. The van der Waals surface area contributed by atoms with Gasteiger partial charge in [0.2, 0.25) is 0 Å². The molecule has 0 aliphatic rings. The average molecular weight is 453 g/mol. The Hall–Kier alpha value is -3.32. The molecule has 168 valence electrons. The van der Waals surface area contributed by atoms with Crippen molar-refractivity contribution >= 4 is 27.3 Å². The minimum absolute atomic E-state index is 0.00677. The molecule has 0 aliphatic heterocycles. The lowest BCUT2D eigenvalue weighted by Crippen LogP contribution is -2.15. The summed E-state index contributed by atoms with van der Waals surface area (Å²) in [6, 6.07) is 18.7. The Morgan fingerprint density at radius 3 is 2.09 bits per heavy atom. The number of rotatable bonds is 6. The number of sulfonamides is 1. The normalized spacial score (nSPS) is 11.7. The van der Waals surface area contributed by atoms with E-state index in [-0.39, 0.29) is 16.2 Å². The van der Waals surface area contributed by atoms with Crippen LogP contribution >= 0.6 is 0 Å². The minimum atomic E-state index is -3.82. The maximum Gasteiger partial charge on any atom is 0.262 e. The van der Waals surface area contributed by atoms with Gasteiger partial charge in [0.15, 0.2) is 0 Å². The van der Waals surface area contributed by atoms with E-state index >= 15 is 0 Å². The highest BCUT2D eigenvalue weighted by atomic mass is 32.2. The number of ether oxygens (including phenoxy) is 1. The van der Waals surface area contributed by atoms with Crippen LogP contribution in [0.15, 0.2) is 71.6 Å². The molecular weight excluding hydrogens is 424 g/mol. The predicted octanol–water partition coefficient (Wildman–Crippen LogP) is 5.35. The van der Waals surface area contributed by atoms with Gasteiger partial charge in [0.25, 0.3) is 15.9 Å². The van der Waals surface area contributed by atoms with Gasteiger partial charge in [-0.1, -0.05) is 39.0 Å². The van der Waals surface area contributed by atoms with Gasteiger partial charge in [0, 0.05) is 11.3 Å². The summed E-state index contributed by atoms with van der Waals surface area (Å²) in [4.78, 5) is 12.6. The number of carbonyl (C=O) groups is 1. The van der Waals surface area contributed by atoms with Crippen LogP contribution in [0.3, 0.4) is 0 Å². The van der Waals surface area contributed by atoms with Crippen molar-refractivity contribution in [2.75, 3.05) is 17.1 Å². The Labute approximate surface area is 189 Å². The van der Waals surface area contributed by atoms with Gasteiger partial charge >= 0.3 is 0 Å². The molecule has 0 saturated carbocycles. The summed E-state index contributed by atoms with van der Waals surface area (Å²) in [6.07, 6.45) is 0. The fraction of sp³-hybridized carbons (Fsp3) is 0.240. The molecule has 6 nitrogen and oxygen atoms in total. The molecule has 7 heteroatoms. The standard InChI is InChI=1S/C25H28N2O4S/c1-17-6-15-23(31-5)22(16-17)27-32(29,30)21-13-11-20(12-14-21)26-24(28)18-7-9-19(10-8-18)25(2,3)4/h6-16,27H,1-5H3,(H,26,28). The molecule has 2 N–H and O–H groups in total. The summed E-state index contributed by atoms with van der Waals surface area (Å²) < 4.78 is 33.4. The first kappa shape index (κ1) is 23.3. The second-order valence-electron chi connectivity index (χ2n) is 8.62. The zero-order chi connectivity index (χ0) is 23.5. The fourth-order valence-electron chi connectivity index (χ4n) is 3.15. The molecule has 0 unspecified atom stereocenters. The minimum Gasteiger partial charge on any atom is -0.495 e. The summed E-state index contributed by atoms with van der Waals surface area (Å²) in [5.41, 5.74) is 3.44. The molecule has 0 fully saturated rings. The summed E-state index contributed by atoms with van der Waals surface area (Å²) in [7, 11) is -2.34. The lowest BCUT2D eigenvalue weighted by molar-refractivity contribution is 0.102. The maximum absolute atomic E-state index is 12.8. The van der Waals surface area contributed by atoms with E-state index in [0.717, 1.165) is 11.1 Å². The number of hydrogen-bond donors (Lipinski definition) is 2. The highest BCUT2D eigenvalue weighted by molar-refractivity contribution is 7.92. The first-order valence-corrected chi connectivity index (χ1v) is 11.7. The second kappa shape index (κ2) is 9.04. The summed E-state index contributed by atoms with van der Waals surface area (Å²) in [5, 5.41) is 2.80. The molecule has 32 heavy (non-hydrogen) atoms. The van der Waals surface area contributed by atoms with Crippen molar-refractivity contribution < 1.29 is 17.9 Å². The van der Waals surface area contributed by atoms with Crippen LogP contribution in [0, 0.1) is 6.92 Å². The molecule has 3 rings (SSSR count). The zero-order valence-electron chi connectivity index (χ0n) is 18.9. The predicted molar refractivity (Wildman–Crippen MR) is 128 cm³/mol. The quantitative estimate of drug-likeness (QED) is 0.528. The van der Waals surface area contributed by atoms with Crippen LogP contribution in [0.1, 0.15) is 42.3 Å². The van der Waals surface area contributed by atoms with E-state index in [4.69, 9.17) is 4.74 Å². The van der Waals surface area contributed by atoms with E-state index in [1.807, 2.05) is 25.1 Å². The van der Waals surface area contributed by atoms with Crippen LogP contribution in [-0.4, -0.2) is 21.4 Å². The molecule has 0 saturated heterocycles. The van der Waals surface area contributed by atoms with Gasteiger partial charge in [-0.25, -0.2) is 8.42 Å². The van der Waals surface area contributed by atoms with Gasteiger partial charge in [-0.3, -0.25) is 9.52 Å². The third-order valence-corrected chi connectivity index (χ3v) is 6.42. The fourth-order valence-corrected chi connectivity index (χ4v) is 4.21. The van der Waals surface area contributed by atoms with Crippen molar-refractivity contribution in [3.05, 3.63) is 83.4 Å². The van der Waals surface area contributed by atoms with E-state index in [9.17, 15) is 13.2 Å². The molecule has 3 aromatic carbocycles. The van der Waals surface area contributed by atoms with Gasteiger partial charge < -0.3 is 10.1 Å². The Balaban J connectivity index is 1.73. The van der Waals surface area contributed by atoms with Crippen molar-refractivity contribution in [1.29, 1.82) is 0 Å². The lowest BCUT2D eigenvalue weighted by Gasteiger charge is -2.19. The highest BCUT2D eigenvalue weighted by Crippen LogP contribution is 2.28. The van der Waals surface area contributed by atoms with Crippen molar-refractivity contribution in [3.8, 4) is 5.75 Å². The molecular formula is C25H28N2O4S. The number of anilines is 2. The van der Waals surface area contributed by atoms with Crippen LogP contribution in [0.25, 0.3) is 0 Å². The number of amides is 1. The molecule has 0 bridgehead atoms. The third kappa shape index (κ3) is 5.48. The number of benzene rings is 3. The van der Waals surface area contributed by atoms with Crippen LogP contribution in [0.5, 0.6) is 5.75 Å². The summed E-state index contributed by atoms with van der Waals surface area (Å²) in [5.74, 6) is 0.171. The van der Waals surface area contributed by atoms with Gasteiger partial charge in [-0.15, -0.1) is 0 Å². The molecule has 0 spiro atoms. The molecule has 0 aliphatic carbocycles. The van der Waals surface area contributed by atoms with Crippen LogP contribution in [0.4, 0.5) is 11.4 Å². The van der Waals surface area contributed by atoms with Crippen molar-refractivity contribution in [3.63, 3.8) is 0 Å². The smallest absolute Gasteiger partial charge is 0.262 e. The first-order chi connectivity index (χ1) is 15.0. The Morgan fingerprint density at radius 2 is 1.53 bits per heavy atom. The largest absolute Gasteiger partial charge is 0.495 e. The number of methoxy groups -OCH3 is 1. The SMILES string of the molecule is COc1ccc(C)cc1NS(=O)(=O)c1ccc(NC(=O)c2ccc(C(C)(C)C)cc2)cc1. The topological polar surface area (TPSA) is 84.5 Å². The second-order valence-corrected chi connectivity index (χ2v) is 10.3. The first-order valence-electron chi connectivity index (χ1n) is 10.2. The van der Waals surface area contributed by atoms with Crippen LogP contribution < -0.4 is 14.8 Å². The number of carbonyl (C=O) groups excluding carboxylic acids is 1.